The molecular weight excluding hydrogens is 270 g/mol. The Hall–Kier alpha value is -2.22. The van der Waals surface area contributed by atoms with Crippen molar-refractivity contribution >= 4 is 11.9 Å². The van der Waals surface area contributed by atoms with Gasteiger partial charge in [0.2, 0.25) is 11.9 Å². The van der Waals surface area contributed by atoms with E-state index in [1.807, 2.05) is 6.07 Å². The maximum absolute atomic E-state index is 9.40. The van der Waals surface area contributed by atoms with Gasteiger partial charge in [-0.25, -0.2) is 4.68 Å². The van der Waals surface area contributed by atoms with Crippen LogP contribution >= 0.6 is 0 Å². The van der Waals surface area contributed by atoms with Crippen LogP contribution in [0.3, 0.4) is 0 Å². The van der Waals surface area contributed by atoms with Gasteiger partial charge in [-0.3, -0.25) is 0 Å². The monoisotopic (exact) mass is 289 g/mol. The van der Waals surface area contributed by atoms with Gasteiger partial charge in [0, 0.05) is 38.0 Å². The Labute approximate surface area is 122 Å². The molecule has 0 saturated heterocycles. The summed E-state index contributed by atoms with van der Waals surface area (Å²) in [6.45, 7) is 0.188. The summed E-state index contributed by atoms with van der Waals surface area (Å²) in [5, 5.41) is 19.8. The summed E-state index contributed by atoms with van der Waals surface area (Å²) < 4.78 is 1.59. The van der Waals surface area contributed by atoms with Crippen molar-refractivity contribution in [3.8, 4) is 5.95 Å². The number of nitrogens with zero attached hydrogens (tertiary/aromatic N) is 5. The lowest BCUT2D eigenvalue weighted by atomic mass is 10.1. The van der Waals surface area contributed by atoms with Crippen molar-refractivity contribution < 1.29 is 5.11 Å². The molecule has 21 heavy (non-hydrogen) atoms. The lowest BCUT2D eigenvalue weighted by Gasteiger charge is -2.19. The van der Waals surface area contributed by atoms with Crippen LogP contribution in [0.25, 0.3) is 5.95 Å². The first-order valence-electron chi connectivity index (χ1n) is 7.11. The van der Waals surface area contributed by atoms with Gasteiger partial charge in [0.15, 0.2) is 0 Å². The zero-order chi connectivity index (χ0) is 14.7. The minimum absolute atomic E-state index is 0.188. The molecule has 1 aliphatic carbocycles. The molecule has 8 heteroatoms. The quantitative estimate of drug-likeness (QED) is 0.743. The van der Waals surface area contributed by atoms with Gasteiger partial charge in [-0.15, -0.1) is 0 Å². The standard InChI is InChI=1S/C13H19N7O/c1-14-11-17-12(16-10-5-2-4-9(10)8-21)19-13(18-11)20-7-3-6-15-20/h3,6-7,9-10,21H,2,4-5,8H2,1H3,(H2,14,16,17,18,19). The molecule has 2 heterocycles. The number of aliphatic hydroxyl groups is 1. The second-order valence-electron chi connectivity index (χ2n) is 5.11. The summed E-state index contributed by atoms with van der Waals surface area (Å²) in [4.78, 5) is 13.0. The second kappa shape index (κ2) is 6.04. The average Bonchev–Trinajstić information content (AvgIpc) is 3.18. The van der Waals surface area contributed by atoms with Crippen LogP contribution in [-0.4, -0.2) is 49.5 Å². The predicted molar refractivity (Wildman–Crippen MR) is 78.3 cm³/mol. The molecule has 0 aromatic carbocycles. The fourth-order valence-electron chi connectivity index (χ4n) is 2.64. The second-order valence-corrected chi connectivity index (χ2v) is 5.11. The third kappa shape index (κ3) is 2.94. The molecule has 2 aromatic heterocycles. The van der Waals surface area contributed by atoms with Gasteiger partial charge >= 0.3 is 0 Å². The molecule has 8 nitrogen and oxygen atoms in total. The van der Waals surface area contributed by atoms with Crippen molar-refractivity contribution in [2.45, 2.75) is 25.3 Å². The van der Waals surface area contributed by atoms with E-state index in [2.05, 4.69) is 30.7 Å². The highest BCUT2D eigenvalue weighted by Gasteiger charge is 2.27. The van der Waals surface area contributed by atoms with E-state index in [4.69, 9.17) is 0 Å². The summed E-state index contributed by atoms with van der Waals surface area (Å²) in [6.07, 6.45) is 6.62. The van der Waals surface area contributed by atoms with Gasteiger partial charge in [-0.1, -0.05) is 6.42 Å². The van der Waals surface area contributed by atoms with Crippen LogP contribution in [-0.2, 0) is 0 Å². The van der Waals surface area contributed by atoms with Gasteiger partial charge in [0.1, 0.15) is 0 Å². The molecule has 2 unspecified atom stereocenters. The van der Waals surface area contributed by atoms with Crippen molar-refractivity contribution in [1.29, 1.82) is 0 Å². The molecule has 112 valence electrons. The number of nitrogens with one attached hydrogen (secondary N) is 2. The number of hydrogen-bond acceptors (Lipinski definition) is 7. The summed E-state index contributed by atoms with van der Waals surface area (Å²) in [7, 11) is 1.76. The Morgan fingerprint density at radius 1 is 1.29 bits per heavy atom. The number of rotatable bonds is 5. The third-order valence-electron chi connectivity index (χ3n) is 3.76. The largest absolute Gasteiger partial charge is 0.396 e. The van der Waals surface area contributed by atoms with Crippen LogP contribution in [0.15, 0.2) is 18.5 Å². The van der Waals surface area contributed by atoms with E-state index in [1.54, 1.807) is 24.1 Å². The highest BCUT2D eigenvalue weighted by molar-refractivity contribution is 5.38. The van der Waals surface area contributed by atoms with Gasteiger partial charge in [0.05, 0.1) is 0 Å². The third-order valence-corrected chi connectivity index (χ3v) is 3.76. The Bertz CT molecular complexity index is 586. The van der Waals surface area contributed by atoms with Gasteiger partial charge in [-0.2, -0.15) is 20.1 Å². The summed E-state index contributed by atoms with van der Waals surface area (Å²) >= 11 is 0. The van der Waals surface area contributed by atoms with Crippen LogP contribution in [0.2, 0.25) is 0 Å². The Balaban J connectivity index is 1.86. The normalized spacial score (nSPS) is 21.4. The predicted octanol–water partition coefficient (Wildman–Crippen LogP) is 0.672. The maximum atomic E-state index is 9.40. The highest BCUT2D eigenvalue weighted by atomic mass is 16.3. The number of hydrogen-bond donors (Lipinski definition) is 3. The highest BCUT2D eigenvalue weighted by Crippen LogP contribution is 2.27. The number of anilines is 2. The smallest absolute Gasteiger partial charge is 0.257 e. The van der Waals surface area contributed by atoms with E-state index in [1.165, 1.54) is 0 Å². The van der Waals surface area contributed by atoms with Crippen LogP contribution in [0.4, 0.5) is 11.9 Å². The maximum Gasteiger partial charge on any atom is 0.257 e. The molecule has 0 spiro atoms. The van der Waals surface area contributed by atoms with Gasteiger partial charge < -0.3 is 15.7 Å². The minimum Gasteiger partial charge on any atom is -0.396 e. The molecule has 3 rings (SSSR count). The molecule has 1 saturated carbocycles. The Morgan fingerprint density at radius 3 is 2.86 bits per heavy atom. The van der Waals surface area contributed by atoms with Crippen molar-refractivity contribution in [1.82, 2.24) is 24.7 Å². The first kappa shape index (κ1) is 13.7. The van der Waals surface area contributed by atoms with Crippen LogP contribution < -0.4 is 10.6 Å². The Morgan fingerprint density at radius 2 is 2.14 bits per heavy atom. The van der Waals surface area contributed by atoms with Crippen molar-refractivity contribution in [3.05, 3.63) is 18.5 Å². The average molecular weight is 289 g/mol. The zero-order valence-corrected chi connectivity index (χ0v) is 11.9. The molecule has 0 amide bonds. The van der Waals surface area contributed by atoms with Crippen LogP contribution in [0, 0.1) is 5.92 Å². The van der Waals surface area contributed by atoms with Gasteiger partial charge in [0.25, 0.3) is 5.95 Å². The molecule has 1 aliphatic rings. The van der Waals surface area contributed by atoms with E-state index < -0.39 is 0 Å². The fourth-order valence-corrected chi connectivity index (χ4v) is 2.64. The summed E-state index contributed by atoms with van der Waals surface area (Å²) in [5.41, 5.74) is 0. The molecular formula is C13H19N7O. The topological polar surface area (TPSA) is 101 Å². The fraction of sp³-hybridized carbons (Fsp3) is 0.538. The molecule has 2 atom stereocenters. The SMILES string of the molecule is CNc1nc(NC2CCCC2CO)nc(-n2cccn2)n1. The first-order chi connectivity index (χ1) is 10.3. The van der Waals surface area contributed by atoms with E-state index >= 15 is 0 Å². The number of aromatic nitrogens is 5. The molecule has 0 radical (unpaired) electrons. The van der Waals surface area contributed by atoms with E-state index in [9.17, 15) is 5.11 Å². The Kier molecular flexibility index (Phi) is 3.96. The van der Waals surface area contributed by atoms with Crippen molar-refractivity contribution in [2.75, 3.05) is 24.3 Å². The van der Waals surface area contributed by atoms with E-state index in [0.29, 0.717) is 17.8 Å². The van der Waals surface area contributed by atoms with Gasteiger partial charge in [-0.05, 0) is 18.9 Å². The van der Waals surface area contributed by atoms with Crippen LogP contribution in [0.1, 0.15) is 19.3 Å². The number of aliphatic hydroxyl groups excluding tert-OH is 1. The zero-order valence-electron chi connectivity index (χ0n) is 11.9. The molecule has 1 fully saturated rings. The lowest BCUT2D eigenvalue weighted by Crippen LogP contribution is -2.27. The molecule has 0 aliphatic heterocycles. The van der Waals surface area contributed by atoms with Crippen molar-refractivity contribution in [3.63, 3.8) is 0 Å². The van der Waals surface area contributed by atoms with Crippen molar-refractivity contribution in [2.24, 2.45) is 5.92 Å². The van der Waals surface area contributed by atoms with E-state index in [-0.39, 0.29) is 18.6 Å². The van der Waals surface area contributed by atoms with Crippen LogP contribution in [0.5, 0.6) is 0 Å². The summed E-state index contributed by atoms with van der Waals surface area (Å²) in [6, 6.07) is 2.02. The molecule has 2 aromatic rings. The molecule has 3 N–H and O–H groups in total. The first-order valence-corrected chi connectivity index (χ1v) is 7.11. The van der Waals surface area contributed by atoms with E-state index in [0.717, 1.165) is 19.3 Å². The summed E-state index contributed by atoms with van der Waals surface area (Å²) in [5.74, 6) is 1.70. The lowest BCUT2D eigenvalue weighted by molar-refractivity contribution is 0.222. The molecule has 0 bridgehead atoms. The minimum atomic E-state index is 0.188.